The van der Waals surface area contributed by atoms with Crippen LogP contribution in [-0.2, 0) is 0 Å². The van der Waals surface area contributed by atoms with E-state index in [9.17, 15) is 9.18 Å². The summed E-state index contributed by atoms with van der Waals surface area (Å²) in [5, 5.41) is 5.61. The van der Waals surface area contributed by atoms with Crippen LogP contribution in [0.4, 0.5) is 4.39 Å². The number of nitrogens with one attached hydrogen (secondary N) is 1. The molecule has 0 bridgehead atoms. The zero-order chi connectivity index (χ0) is 16.2. The Labute approximate surface area is 150 Å². The van der Waals surface area contributed by atoms with Gasteiger partial charge in [-0.3, -0.25) is 4.79 Å². The third-order valence-corrected chi connectivity index (χ3v) is 5.06. The molecule has 0 radical (unpaired) electrons. The molecule has 6 heteroatoms. The lowest BCUT2D eigenvalue weighted by Gasteiger charge is -2.17. The highest BCUT2D eigenvalue weighted by molar-refractivity contribution is 14.1. The Bertz CT molecular complexity index is 809. The molecule has 1 atom stereocenters. The molecule has 116 valence electrons. The molecular weight excluding hydrogens is 426 g/mol. The van der Waals surface area contributed by atoms with Gasteiger partial charge in [0, 0.05) is 15.1 Å². The van der Waals surface area contributed by atoms with Crippen molar-refractivity contribution >= 4 is 39.8 Å². The second kappa shape index (κ2) is 7.18. The number of hydrogen-bond acceptors (Lipinski definition) is 3. The summed E-state index contributed by atoms with van der Waals surface area (Å²) in [5.41, 5.74) is 1.25. The summed E-state index contributed by atoms with van der Waals surface area (Å²) in [4.78, 5) is 16.9. The van der Waals surface area contributed by atoms with E-state index in [-0.39, 0.29) is 11.9 Å². The SMILES string of the molecule is O=C(NC(c1ccccc1)c1nccs1)c1cc(F)ccc1I. The van der Waals surface area contributed by atoms with Crippen LogP contribution in [0.15, 0.2) is 60.1 Å². The number of halogens is 2. The maximum Gasteiger partial charge on any atom is 0.253 e. The second-order valence-corrected chi connectivity index (χ2v) is 6.90. The van der Waals surface area contributed by atoms with Gasteiger partial charge in [0.2, 0.25) is 0 Å². The molecule has 1 unspecified atom stereocenters. The van der Waals surface area contributed by atoms with Crippen molar-refractivity contribution in [3.8, 4) is 0 Å². The minimum absolute atomic E-state index is 0.321. The van der Waals surface area contributed by atoms with Crippen LogP contribution in [-0.4, -0.2) is 10.9 Å². The summed E-state index contributed by atoms with van der Waals surface area (Å²) in [6.07, 6.45) is 1.70. The smallest absolute Gasteiger partial charge is 0.253 e. The number of rotatable bonds is 4. The average Bonchev–Trinajstić information content (AvgIpc) is 3.09. The number of benzene rings is 2. The molecule has 23 heavy (non-hydrogen) atoms. The zero-order valence-electron chi connectivity index (χ0n) is 11.9. The van der Waals surface area contributed by atoms with Crippen LogP contribution in [0.3, 0.4) is 0 Å². The van der Waals surface area contributed by atoms with Crippen molar-refractivity contribution in [3.63, 3.8) is 0 Å². The average molecular weight is 438 g/mol. The van der Waals surface area contributed by atoms with Crippen LogP contribution >= 0.6 is 33.9 Å². The van der Waals surface area contributed by atoms with Gasteiger partial charge in [0.1, 0.15) is 16.9 Å². The van der Waals surface area contributed by atoms with Crippen LogP contribution < -0.4 is 5.32 Å². The highest BCUT2D eigenvalue weighted by atomic mass is 127. The molecule has 1 aromatic heterocycles. The Hall–Kier alpha value is -1.80. The van der Waals surface area contributed by atoms with Gasteiger partial charge in [-0.1, -0.05) is 30.3 Å². The molecule has 0 aliphatic carbocycles. The van der Waals surface area contributed by atoms with Gasteiger partial charge in [-0.05, 0) is 46.4 Å². The minimum atomic E-state index is -0.430. The number of carbonyl (C=O) groups excluding carboxylic acids is 1. The Morgan fingerprint density at radius 1 is 1.22 bits per heavy atom. The molecule has 3 aromatic rings. The van der Waals surface area contributed by atoms with E-state index in [4.69, 9.17) is 0 Å². The van der Waals surface area contributed by atoms with Gasteiger partial charge in [0.05, 0.1) is 5.56 Å². The van der Waals surface area contributed by atoms with Gasteiger partial charge in [-0.25, -0.2) is 9.37 Å². The molecule has 0 saturated carbocycles. The van der Waals surface area contributed by atoms with Crippen LogP contribution in [0.5, 0.6) is 0 Å². The molecule has 0 spiro atoms. The predicted molar refractivity (Wildman–Crippen MR) is 97.0 cm³/mol. The summed E-state index contributed by atoms with van der Waals surface area (Å²) < 4.78 is 14.1. The summed E-state index contributed by atoms with van der Waals surface area (Å²) in [6.45, 7) is 0. The maximum absolute atomic E-state index is 13.4. The lowest BCUT2D eigenvalue weighted by Crippen LogP contribution is -2.30. The number of thiazole rings is 1. The van der Waals surface area contributed by atoms with Gasteiger partial charge in [-0.15, -0.1) is 11.3 Å². The van der Waals surface area contributed by atoms with E-state index < -0.39 is 5.82 Å². The second-order valence-electron chi connectivity index (χ2n) is 4.81. The number of carbonyl (C=O) groups is 1. The largest absolute Gasteiger partial charge is 0.339 e. The van der Waals surface area contributed by atoms with E-state index in [1.165, 1.54) is 23.5 Å². The summed E-state index contributed by atoms with van der Waals surface area (Å²) in [6, 6.07) is 13.4. The van der Waals surface area contributed by atoms with Crippen molar-refractivity contribution < 1.29 is 9.18 Å². The summed E-state index contributed by atoms with van der Waals surface area (Å²) >= 11 is 3.50. The van der Waals surface area contributed by atoms with E-state index in [1.54, 1.807) is 12.3 Å². The first-order chi connectivity index (χ1) is 11.1. The lowest BCUT2D eigenvalue weighted by molar-refractivity contribution is 0.0941. The van der Waals surface area contributed by atoms with E-state index in [0.717, 1.165) is 10.6 Å². The Morgan fingerprint density at radius 3 is 2.70 bits per heavy atom. The predicted octanol–water partition coefficient (Wildman–Crippen LogP) is 4.41. The molecule has 1 amide bonds. The van der Waals surface area contributed by atoms with Crippen molar-refractivity contribution in [2.24, 2.45) is 0 Å². The van der Waals surface area contributed by atoms with Gasteiger partial charge in [0.15, 0.2) is 0 Å². The molecule has 1 heterocycles. The van der Waals surface area contributed by atoms with Crippen molar-refractivity contribution in [2.75, 3.05) is 0 Å². The standard InChI is InChI=1S/C17H12FIN2OS/c18-12-6-7-14(19)13(10-12)16(22)21-15(17-20-8-9-23-17)11-4-2-1-3-5-11/h1-10,15H,(H,21,22). The number of hydrogen-bond donors (Lipinski definition) is 1. The third kappa shape index (κ3) is 3.76. The first-order valence-corrected chi connectivity index (χ1v) is 8.81. The maximum atomic E-state index is 13.4. The van der Waals surface area contributed by atoms with Crippen molar-refractivity contribution in [1.82, 2.24) is 10.3 Å². The third-order valence-electron chi connectivity index (χ3n) is 3.28. The molecule has 2 aromatic carbocycles. The lowest BCUT2D eigenvalue weighted by atomic mass is 10.1. The number of amides is 1. The molecule has 1 N–H and O–H groups in total. The van der Waals surface area contributed by atoms with E-state index in [2.05, 4.69) is 10.3 Å². The molecule has 0 aliphatic rings. The van der Waals surface area contributed by atoms with E-state index in [1.807, 2.05) is 58.3 Å². The fourth-order valence-electron chi connectivity index (χ4n) is 2.19. The summed E-state index contributed by atoms with van der Waals surface area (Å²) in [7, 11) is 0. The molecular formula is C17H12FIN2OS. The molecule has 0 fully saturated rings. The molecule has 0 aliphatic heterocycles. The monoisotopic (exact) mass is 438 g/mol. The van der Waals surface area contributed by atoms with Crippen LogP contribution in [0.2, 0.25) is 0 Å². The van der Waals surface area contributed by atoms with E-state index in [0.29, 0.717) is 9.13 Å². The molecule has 3 nitrogen and oxygen atoms in total. The van der Waals surface area contributed by atoms with Crippen molar-refractivity contribution in [3.05, 3.63) is 85.6 Å². The Kier molecular flexibility index (Phi) is 5.02. The highest BCUT2D eigenvalue weighted by Crippen LogP contribution is 2.25. The fraction of sp³-hybridized carbons (Fsp3) is 0.0588. The topological polar surface area (TPSA) is 42.0 Å². The Balaban J connectivity index is 1.93. The Morgan fingerprint density at radius 2 is 2.00 bits per heavy atom. The first kappa shape index (κ1) is 16.1. The van der Waals surface area contributed by atoms with Gasteiger partial charge >= 0.3 is 0 Å². The van der Waals surface area contributed by atoms with E-state index >= 15 is 0 Å². The van der Waals surface area contributed by atoms with Crippen molar-refractivity contribution in [2.45, 2.75) is 6.04 Å². The first-order valence-electron chi connectivity index (χ1n) is 6.85. The number of aromatic nitrogens is 1. The van der Waals surface area contributed by atoms with Crippen LogP contribution in [0.1, 0.15) is 27.0 Å². The van der Waals surface area contributed by atoms with Gasteiger partial charge < -0.3 is 5.32 Å². The summed E-state index contributed by atoms with van der Waals surface area (Å²) in [5.74, 6) is -0.751. The van der Waals surface area contributed by atoms with Crippen LogP contribution in [0.25, 0.3) is 0 Å². The highest BCUT2D eigenvalue weighted by Gasteiger charge is 2.21. The molecule has 0 saturated heterocycles. The minimum Gasteiger partial charge on any atom is -0.339 e. The zero-order valence-corrected chi connectivity index (χ0v) is 14.8. The molecule has 3 rings (SSSR count). The number of nitrogens with zero attached hydrogens (tertiary/aromatic N) is 1. The van der Waals surface area contributed by atoms with Gasteiger partial charge in [0.25, 0.3) is 5.91 Å². The van der Waals surface area contributed by atoms with Crippen LogP contribution in [0, 0.1) is 9.39 Å². The van der Waals surface area contributed by atoms with Gasteiger partial charge in [-0.2, -0.15) is 0 Å². The normalized spacial score (nSPS) is 11.9. The van der Waals surface area contributed by atoms with Crippen molar-refractivity contribution in [1.29, 1.82) is 0 Å². The quantitative estimate of drug-likeness (QED) is 0.614. The fourth-order valence-corrected chi connectivity index (χ4v) is 3.48.